The highest BCUT2D eigenvalue weighted by molar-refractivity contribution is 5.98. The molecule has 180 valence electrons. The molecule has 1 heterocycles. The van der Waals surface area contributed by atoms with E-state index in [4.69, 9.17) is 4.74 Å². The molecular formula is C23H24F3N5O3. The first kappa shape index (κ1) is 24.8. The molecule has 11 heteroatoms. The van der Waals surface area contributed by atoms with Crippen LogP contribution in [0, 0.1) is 0 Å². The lowest BCUT2D eigenvalue weighted by molar-refractivity contribution is -0.170. The van der Waals surface area contributed by atoms with Gasteiger partial charge in [-0.15, -0.1) is 0 Å². The number of carbonyl (C=O) groups is 1. The van der Waals surface area contributed by atoms with Gasteiger partial charge < -0.3 is 25.0 Å². The second-order valence-electron chi connectivity index (χ2n) is 7.60. The first-order chi connectivity index (χ1) is 16.1. The molecule has 8 nitrogen and oxygen atoms in total. The zero-order chi connectivity index (χ0) is 24.9. The van der Waals surface area contributed by atoms with Crippen molar-refractivity contribution in [1.82, 2.24) is 14.9 Å². The average molecular weight is 475 g/mol. The predicted molar refractivity (Wildman–Crippen MR) is 122 cm³/mol. The van der Waals surface area contributed by atoms with Crippen LogP contribution in [0.25, 0.3) is 11.3 Å². The van der Waals surface area contributed by atoms with E-state index >= 15 is 0 Å². The standard InChI is InChI=1S/C23H24F3N5O3/c1-30(2)10-11-31(22(33)23(24,25)26)16-6-9-20(34-3)18(12-16)28-21-14-27-13-19(29-21)15-4-7-17(32)8-5-15/h4-9,12-14,32H,10-11H2,1-3H3,(H,28,29). The van der Waals surface area contributed by atoms with Crippen LogP contribution in [0.3, 0.4) is 0 Å². The zero-order valence-electron chi connectivity index (χ0n) is 18.8. The van der Waals surface area contributed by atoms with Crippen LogP contribution in [0.2, 0.25) is 0 Å². The molecule has 1 amide bonds. The van der Waals surface area contributed by atoms with Crippen LogP contribution in [-0.2, 0) is 4.79 Å². The highest BCUT2D eigenvalue weighted by Gasteiger charge is 2.43. The largest absolute Gasteiger partial charge is 0.508 e. The van der Waals surface area contributed by atoms with Crippen molar-refractivity contribution in [2.75, 3.05) is 44.5 Å². The van der Waals surface area contributed by atoms with Gasteiger partial charge in [0.1, 0.15) is 17.3 Å². The van der Waals surface area contributed by atoms with Gasteiger partial charge in [-0.3, -0.25) is 9.78 Å². The number of phenolic OH excluding ortho intramolecular Hbond substituents is 1. The number of hydrogen-bond donors (Lipinski definition) is 2. The van der Waals surface area contributed by atoms with Crippen LogP contribution < -0.4 is 15.0 Å². The van der Waals surface area contributed by atoms with Gasteiger partial charge in [0, 0.05) is 24.3 Å². The lowest BCUT2D eigenvalue weighted by Crippen LogP contribution is -2.44. The summed E-state index contributed by atoms with van der Waals surface area (Å²) >= 11 is 0. The number of methoxy groups -OCH3 is 1. The van der Waals surface area contributed by atoms with E-state index in [0.29, 0.717) is 33.4 Å². The molecule has 0 atom stereocenters. The molecular weight excluding hydrogens is 451 g/mol. The molecule has 3 rings (SSSR count). The highest BCUT2D eigenvalue weighted by atomic mass is 19.4. The molecule has 0 aliphatic carbocycles. The molecule has 0 radical (unpaired) electrons. The zero-order valence-corrected chi connectivity index (χ0v) is 18.8. The van der Waals surface area contributed by atoms with Crippen LogP contribution in [-0.4, -0.2) is 66.4 Å². The van der Waals surface area contributed by atoms with Crippen molar-refractivity contribution in [3.8, 4) is 22.8 Å². The molecule has 2 aromatic carbocycles. The maximum Gasteiger partial charge on any atom is 0.471 e. The van der Waals surface area contributed by atoms with Gasteiger partial charge in [0.15, 0.2) is 0 Å². The van der Waals surface area contributed by atoms with E-state index in [0.717, 1.165) is 0 Å². The number of nitrogens with one attached hydrogen (secondary N) is 1. The minimum atomic E-state index is -5.02. The number of carbonyl (C=O) groups excluding carboxylic acids is 1. The van der Waals surface area contributed by atoms with E-state index in [9.17, 15) is 23.1 Å². The van der Waals surface area contributed by atoms with Crippen molar-refractivity contribution in [3.63, 3.8) is 0 Å². The number of rotatable bonds is 8. The van der Waals surface area contributed by atoms with Crippen LogP contribution in [0.1, 0.15) is 0 Å². The second-order valence-corrected chi connectivity index (χ2v) is 7.60. The summed E-state index contributed by atoms with van der Waals surface area (Å²) in [5.74, 6) is -1.20. The van der Waals surface area contributed by atoms with Crippen molar-refractivity contribution in [2.24, 2.45) is 0 Å². The quantitative estimate of drug-likeness (QED) is 0.508. The monoisotopic (exact) mass is 475 g/mol. The molecule has 0 fully saturated rings. The molecule has 2 N–H and O–H groups in total. The Hall–Kier alpha value is -3.86. The summed E-state index contributed by atoms with van der Waals surface area (Å²) in [5.41, 5.74) is 1.58. The summed E-state index contributed by atoms with van der Waals surface area (Å²) in [6, 6.07) is 10.6. The van der Waals surface area contributed by atoms with E-state index in [1.54, 1.807) is 31.1 Å². The average Bonchev–Trinajstić information content (AvgIpc) is 2.79. The number of nitrogens with zero attached hydrogens (tertiary/aromatic N) is 4. The van der Waals surface area contributed by atoms with E-state index in [1.807, 2.05) is 0 Å². The van der Waals surface area contributed by atoms with Gasteiger partial charge in [-0.2, -0.15) is 13.2 Å². The van der Waals surface area contributed by atoms with Crippen LogP contribution >= 0.6 is 0 Å². The van der Waals surface area contributed by atoms with Gasteiger partial charge >= 0.3 is 12.1 Å². The van der Waals surface area contributed by atoms with Crippen molar-refractivity contribution in [1.29, 1.82) is 0 Å². The fourth-order valence-electron chi connectivity index (χ4n) is 3.10. The number of halogens is 3. The number of hydrogen-bond acceptors (Lipinski definition) is 7. The van der Waals surface area contributed by atoms with Crippen molar-refractivity contribution < 1.29 is 27.8 Å². The number of likely N-dealkylation sites (N-methyl/N-ethyl adjacent to an activating group) is 1. The molecule has 0 bridgehead atoms. The Morgan fingerprint density at radius 3 is 2.41 bits per heavy atom. The minimum absolute atomic E-state index is 0.0510. The van der Waals surface area contributed by atoms with Crippen LogP contribution in [0.5, 0.6) is 11.5 Å². The highest BCUT2D eigenvalue weighted by Crippen LogP contribution is 2.33. The SMILES string of the molecule is COc1ccc(N(CCN(C)C)C(=O)C(F)(F)F)cc1Nc1cncc(-c2ccc(O)cc2)n1. The summed E-state index contributed by atoms with van der Waals surface area (Å²) < 4.78 is 45.1. The van der Waals surface area contributed by atoms with Crippen molar-refractivity contribution in [3.05, 3.63) is 54.9 Å². The fourth-order valence-corrected chi connectivity index (χ4v) is 3.10. The Labute approximate surface area is 194 Å². The first-order valence-electron chi connectivity index (χ1n) is 10.2. The Kier molecular flexibility index (Phi) is 7.57. The molecule has 34 heavy (non-hydrogen) atoms. The fraction of sp³-hybridized carbons (Fsp3) is 0.261. The number of alkyl halides is 3. The Morgan fingerprint density at radius 2 is 1.79 bits per heavy atom. The third-order valence-corrected chi connectivity index (χ3v) is 4.81. The first-order valence-corrected chi connectivity index (χ1v) is 10.2. The normalized spacial score (nSPS) is 11.4. The molecule has 0 aliphatic rings. The maximum absolute atomic E-state index is 13.3. The smallest absolute Gasteiger partial charge is 0.471 e. The van der Waals surface area contributed by atoms with E-state index in [2.05, 4.69) is 15.3 Å². The van der Waals surface area contributed by atoms with Gasteiger partial charge in [0.2, 0.25) is 0 Å². The van der Waals surface area contributed by atoms with Gasteiger partial charge in [-0.05, 0) is 56.6 Å². The summed E-state index contributed by atoms with van der Waals surface area (Å²) in [6.45, 7) is 0.0734. The van der Waals surface area contributed by atoms with Crippen LogP contribution in [0.4, 0.5) is 30.4 Å². The molecule has 3 aromatic rings. The van der Waals surface area contributed by atoms with Crippen molar-refractivity contribution >= 4 is 23.1 Å². The minimum Gasteiger partial charge on any atom is -0.508 e. The van der Waals surface area contributed by atoms with Gasteiger partial charge in [0.05, 0.1) is 30.9 Å². The van der Waals surface area contributed by atoms with Crippen molar-refractivity contribution in [2.45, 2.75) is 6.18 Å². The molecule has 1 aromatic heterocycles. The summed E-state index contributed by atoms with van der Waals surface area (Å²) in [6.07, 6.45) is -2.04. The van der Waals surface area contributed by atoms with E-state index < -0.39 is 12.1 Å². The Bertz CT molecular complexity index is 1140. The molecule has 0 aliphatic heterocycles. The lowest BCUT2D eigenvalue weighted by atomic mass is 10.1. The predicted octanol–water partition coefficient (Wildman–Crippen LogP) is 4.06. The lowest BCUT2D eigenvalue weighted by Gasteiger charge is -2.26. The third-order valence-electron chi connectivity index (χ3n) is 4.81. The number of aromatic hydroxyl groups is 1. The van der Waals surface area contributed by atoms with E-state index in [1.165, 1.54) is 49.8 Å². The number of benzene rings is 2. The third kappa shape index (κ3) is 6.13. The van der Waals surface area contributed by atoms with Gasteiger partial charge in [-0.25, -0.2) is 4.98 Å². The molecule has 0 saturated carbocycles. The number of amides is 1. The molecule has 0 unspecified atom stereocenters. The summed E-state index contributed by atoms with van der Waals surface area (Å²) in [5, 5.41) is 12.5. The Morgan fingerprint density at radius 1 is 1.09 bits per heavy atom. The summed E-state index contributed by atoms with van der Waals surface area (Å²) in [7, 11) is 4.83. The van der Waals surface area contributed by atoms with Crippen LogP contribution in [0.15, 0.2) is 54.9 Å². The number of phenols is 1. The number of anilines is 3. The molecule has 0 saturated heterocycles. The molecule has 0 spiro atoms. The second kappa shape index (κ2) is 10.4. The number of ether oxygens (including phenoxy) is 1. The topological polar surface area (TPSA) is 90.8 Å². The number of aromatic nitrogens is 2. The van der Waals surface area contributed by atoms with Gasteiger partial charge in [0.25, 0.3) is 0 Å². The maximum atomic E-state index is 13.3. The van der Waals surface area contributed by atoms with Gasteiger partial charge in [-0.1, -0.05) is 0 Å². The summed E-state index contributed by atoms with van der Waals surface area (Å²) in [4.78, 5) is 23.1. The van der Waals surface area contributed by atoms with E-state index in [-0.39, 0.29) is 24.5 Å². The Balaban J connectivity index is 1.95.